The van der Waals surface area contributed by atoms with Gasteiger partial charge in [0.1, 0.15) is 0 Å². The van der Waals surface area contributed by atoms with Gasteiger partial charge >= 0.3 is 5.97 Å². The summed E-state index contributed by atoms with van der Waals surface area (Å²) < 4.78 is 4.65. The largest absolute Gasteiger partial charge is 0.465 e. The molecule has 82 valence electrons. The topological polar surface area (TPSA) is 52.3 Å². The molecule has 16 heavy (non-hydrogen) atoms. The first-order valence-electron chi connectivity index (χ1n) is 4.74. The Balaban J connectivity index is 2.45. The third-order valence-corrected chi connectivity index (χ3v) is 3.32. The van der Waals surface area contributed by atoms with Crippen LogP contribution in [-0.4, -0.2) is 13.1 Å². The van der Waals surface area contributed by atoms with Crippen LogP contribution in [0, 0.1) is 0 Å². The molecule has 0 aliphatic carbocycles. The zero-order valence-electron chi connectivity index (χ0n) is 8.77. The van der Waals surface area contributed by atoms with E-state index in [0.717, 1.165) is 10.4 Å². The lowest BCUT2D eigenvalue weighted by Crippen LogP contribution is -2.03. The molecule has 2 aromatic rings. The third kappa shape index (κ3) is 1.79. The Morgan fingerprint density at radius 1 is 1.31 bits per heavy atom. The van der Waals surface area contributed by atoms with Gasteiger partial charge in [-0.2, -0.15) is 0 Å². The Hall–Kier alpha value is -1.81. The standard InChI is InChI=1S/C12H11NO2S/c1-15-12(14)9-7-16-11(10(9)13)8-5-3-2-4-6-8/h2-7H,13H2,1H3. The van der Waals surface area contributed by atoms with Crippen LogP contribution in [0.5, 0.6) is 0 Å². The van der Waals surface area contributed by atoms with Crippen molar-refractivity contribution in [2.24, 2.45) is 0 Å². The summed E-state index contributed by atoms with van der Waals surface area (Å²) in [6, 6.07) is 9.74. The lowest BCUT2D eigenvalue weighted by atomic mass is 10.1. The first-order chi connectivity index (χ1) is 7.74. The minimum Gasteiger partial charge on any atom is -0.465 e. The van der Waals surface area contributed by atoms with E-state index in [2.05, 4.69) is 4.74 Å². The van der Waals surface area contributed by atoms with Gasteiger partial charge in [-0.05, 0) is 5.56 Å². The van der Waals surface area contributed by atoms with Crippen molar-refractivity contribution in [3.05, 3.63) is 41.3 Å². The van der Waals surface area contributed by atoms with Crippen LogP contribution in [0.2, 0.25) is 0 Å². The van der Waals surface area contributed by atoms with Crippen molar-refractivity contribution >= 4 is 23.0 Å². The minimum absolute atomic E-state index is 0.393. The van der Waals surface area contributed by atoms with E-state index in [1.165, 1.54) is 18.4 Å². The zero-order valence-corrected chi connectivity index (χ0v) is 9.58. The zero-order chi connectivity index (χ0) is 11.5. The van der Waals surface area contributed by atoms with Crippen molar-refractivity contribution in [2.45, 2.75) is 0 Å². The molecule has 0 unspecified atom stereocenters. The number of nitrogens with two attached hydrogens (primary N) is 1. The molecule has 1 aromatic heterocycles. The van der Waals surface area contributed by atoms with Crippen molar-refractivity contribution in [3.63, 3.8) is 0 Å². The number of thiophene rings is 1. The number of nitrogen functional groups attached to an aromatic ring is 1. The normalized spacial score (nSPS) is 10.1. The van der Waals surface area contributed by atoms with Crippen molar-refractivity contribution in [1.82, 2.24) is 0 Å². The van der Waals surface area contributed by atoms with Crippen LogP contribution in [0.1, 0.15) is 10.4 Å². The quantitative estimate of drug-likeness (QED) is 0.811. The summed E-state index contributed by atoms with van der Waals surface area (Å²) in [5.74, 6) is -0.393. The molecule has 0 atom stereocenters. The molecule has 4 heteroatoms. The average Bonchev–Trinajstić information content (AvgIpc) is 2.71. The van der Waals surface area contributed by atoms with Gasteiger partial charge in [0.25, 0.3) is 0 Å². The second-order valence-electron chi connectivity index (χ2n) is 3.25. The lowest BCUT2D eigenvalue weighted by molar-refractivity contribution is 0.0602. The Morgan fingerprint density at radius 3 is 2.62 bits per heavy atom. The van der Waals surface area contributed by atoms with Gasteiger partial charge in [0, 0.05) is 5.38 Å². The maximum atomic E-state index is 11.4. The average molecular weight is 233 g/mol. The van der Waals surface area contributed by atoms with Crippen molar-refractivity contribution in [1.29, 1.82) is 0 Å². The van der Waals surface area contributed by atoms with Gasteiger partial charge < -0.3 is 10.5 Å². The molecular formula is C12H11NO2S. The third-order valence-electron chi connectivity index (χ3n) is 2.27. The fraction of sp³-hybridized carbons (Fsp3) is 0.0833. The van der Waals surface area contributed by atoms with Crippen molar-refractivity contribution < 1.29 is 9.53 Å². The first kappa shape index (κ1) is 10.7. The van der Waals surface area contributed by atoms with Crippen LogP contribution >= 0.6 is 11.3 Å². The van der Waals surface area contributed by atoms with E-state index in [1.54, 1.807) is 5.38 Å². The Morgan fingerprint density at radius 2 is 2.00 bits per heavy atom. The highest BCUT2D eigenvalue weighted by molar-refractivity contribution is 7.14. The number of carbonyl (C=O) groups is 1. The van der Waals surface area contributed by atoms with Crippen LogP contribution in [0.25, 0.3) is 10.4 Å². The number of ether oxygens (including phenoxy) is 1. The maximum Gasteiger partial charge on any atom is 0.340 e. The summed E-state index contributed by atoms with van der Waals surface area (Å²) in [6.07, 6.45) is 0. The number of hydrogen-bond donors (Lipinski definition) is 1. The predicted molar refractivity (Wildman–Crippen MR) is 65.5 cm³/mol. The van der Waals surface area contributed by atoms with E-state index in [-0.39, 0.29) is 0 Å². The monoisotopic (exact) mass is 233 g/mol. The lowest BCUT2D eigenvalue weighted by Gasteiger charge is -2.01. The number of methoxy groups -OCH3 is 1. The van der Waals surface area contributed by atoms with Crippen molar-refractivity contribution in [2.75, 3.05) is 12.8 Å². The van der Waals surface area contributed by atoms with Gasteiger partial charge in [0.2, 0.25) is 0 Å². The van der Waals surface area contributed by atoms with Crippen LogP contribution in [0.15, 0.2) is 35.7 Å². The molecule has 2 rings (SSSR count). The van der Waals surface area contributed by atoms with Crippen LogP contribution in [-0.2, 0) is 4.74 Å². The van der Waals surface area contributed by atoms with E-state index in [9.17, 15) is 4.79 Å². The molecule has 0 spiro atoms. The number of anilines is 1. The Labute approximate surface area is 97.5 Å². The van der Waals surface area contributed by atoms with E-state index in [1.807, 2.05) is 30.3 Å². The number of hydrogen-bond acceptors (Lipinski definition) is 4. The highest BCUT2D eigenvalue weighted by Crippen LogP contribution is 2.35. The second kappa shape index (κ2) is 4.37. The number of carbonyl (C=O) groups excluding carboxylic acids is 1. The van der Waals surface area contributed by atoms with E-state index < -0.39 is 5.97 Å². The fourth-order valence-electron chi connectivity index (χ4n) is 1.45. The molecule has 0 bridgehead atoms. The molecule has 0 radical (unpaired) electrons. The highest BCUT2D eigenvalue weighted by atomic mass is 32.1. The Bertz CT molecular complexity index is 505. The highest BCUT2D eigenvalue weighted by Gasteiger charge is 2.16. The first-order valence-corrected chi connectivity index (χ1v) is 5.62. The molecule has 3 nitrogen and oxygen atoms in total. The van der Waals surface area contributed by atoms with Gasteiger partial charge in [0.15, 0.2) is 0 Å². The summed E-state index contributed by atoms with van der Waals surface area (Å²) in [4.78, 5) is 12.3. The fourth-order valence-corrected chi connectivity index (χ4v) is 2.42. The number of rotatable bonds is 2. The molecule has 0 aliphatic heterocycles. The molecule has 0 saturated carbocycles. The van der Waals surface area contributed by atoms with Gasteiger partial charge in [-0.1, -0.05) is 30.3 Å². The molecular weight excluding hydrogens is 222 g/mol. The van der Waals surface area contributed by atoms with Gasteiger partial charge in [-0.15, -0.1) is 11.3 Å². The second-order valence-corrected chi connectivity index (χ2v) is 4.13. The molecule has 0 amide bonds. The van der Waals surface area contributed by atoms with Gasteiger partial charge in [0.05, 0.1) is 23.2 Å². The smallest absolute Gasteiger partial charge is 0.340 e. The van der Waals surface area contributed by atoms with E-state index in [0.29, 0.717) is 11.3 Å². The summed E-state index contributed by atoms with van der Waals surface area (Å²) in [6.45, 7) is 0. The van der Waals surface area contributed by atoms with E-state index in [4.69, 9.17) is 5.73 Å². The summed E-state index contributed by atoms with van der Waals surface area (Å²) >= 11 is 1.45. The molecule has 0 aliphatic rings. The minimum atomic E-state index is -0.393. The van der Waals surface area contributed by atoms with Crippen molar-refractivity contribution in [3.8, 4) is 10.4 Å². The summed E-state index contributed by atoms with van der Waals surface area (Å²) in [5.41, 5.74) is 7.86. The van der Waals surface area contributed by atoms with Gasteiger partial charge in [-0.25, -0.2) is 4.79 Å². The SMILES string of the molecule is COC(=O)c1csc(-c2ccccc2)c1N. The predicted octanol–water partition coefficient (Wildman–Crippen LogP) is 2.78. The summed E-state index contributed by atoms with van der Waals surface area (Å²) in [7, 11) is 1.35. The number of benzene rings is 1. The van der Waals surface area contributed by atoms with Crippen LogP contribution in [0.4, 0.5) is 5.69 Å². The molecule has 0 saturated heterocycles. The molecule has 0 fully saturated rings. The molecule has 2 N–H and O–H groups in total. The molecule has 1 heterocycles. The Kier molecular flexibility index (Phi) is 2.92. The van der Waals surface area contributed by atoms with Crippen LogP contribution in [0.3, 0.4) is 0 Å². The molecule has 1 aromatic carbocycles. The summed E-state index contributed by atoms with van der Waals surface area (Å²) in [5, 5.41) is 1.73. The van der Waals surface area contributed by atoms with Crippen LogP contribution < -0.4 is 5.73 Å². The maximum absolute atomic E-state index is 11.4. The number of esters is 1. The van der Waals surface area contributed by atoms with E-state index >= 15 is 0 Å². The van der Waals surface area contributed by atoms with Gasteiger partial charge in [-0.3, -0.25) is 0 Å².